The Morgan fingerprint density at radius 3 is 2.26 bits per heavy atom. The van der Waals surface area contributed by atoms with E-state index in [0.29, 0.717) is 15.6 Å². The van der Waals surface area contributed by atoms with Gasteiger partial charge in [0.2, 0.25) is 0 Å². The van der Waals surface area contributed by atoms with Crippen LogP contribution in [0.15, 0.2) is 39.9 Å². The first-order chi connectivity index (χ1) is 14.5. The van der Waals surface area contributed by atoms with Gasteiger partial charge >= 0.3 is 18.0 Å². The van der Waals surface area contributed by atoms with Gasteiger partial charge in [-0.3, -0.25) is 0 Å². The van der Waals surface area contributed by atoms with Crippen LogP contribution in [0.25, 0.3) is 0 Å². The van der Waals surface area contributed by atoms with Crippen LogP contribution in [0.4, 0.5) is 4.79 Å². The number of benzene rings is 1. The van der Waals surface area contributed by atoms with Gasteiger partial charge in [-0.25, -0.2) is 19.4 Å². The molecule has 0 fully saturated rings. The Morgan fingerprint density at radius 1 is 1.16 bits per heavy atom. The first-order valence-corrected chi connectivity index (χ1v) is 9.68. The van der Waals surface area contributed by atoms with Crippen LogP contribution >= 0.6 is 11.6 Å². The molecule has 9 nitrogen and oxygen atoms in total. The summed E-state index contributed by atoms with van der Waals surface area (Å²) in [7, 11) is 2.23. The number of methoxy groups -OCH3 is 2. The summed E-state index contributed by atoms with van der Waals surface area (Å²) in [4.78, 5) is 41.9. The molecule has 10 heteroatoms. The van der Waals surface area contributed by atoms with Crippen molar-refractivity contribution in [1.82, 2.24) is 5.01 Å². The molecule has 1 atom stereocenters. The third-order valence-electron chi connectivity index (χ3n) is 3.52. The zero-order valence-corrected chi connectivity index (χ0v) is 19.1. The van der Waals surface area contributed by atoms with Gasteiger partial charge in [0.05, 0.1) is 32.6 Å². The van der Waals surface area contributed by atoms with Gasteiger partial charge in [0.25, 0.3) is 0 Å². The first-order valence-electron chi connectivity index (χ1n) is 9.30. The molecule has 31 heavy (non-hydrogen) atoms. The largest absolute Gasteiger partial charge is 0.467 e. The van der Waals surface area contributed by atoms with Crippen LogP contribution in [0, 0.1) is 0 Å². The molecule has 0 N–H and O–H groups in total. The molecule has 0 saturated heterocycles. The molecule has 0 aliphatic carbocycles. The molecule has 1 aromatic rings. The number of aliphatic imine (C=N–C) groups is 1. The number of rotatable bonds is 7. The molecule has 0 aliphatic heterocycles. The summed E-state index contributed by atoms with van der Waals surface area (Å²) in [6.45, 7) is 6.90. The van der Waals surface area contributed by atoms with Crippen LogP contribution in [0.5, 0.6) is 0 Å². The van der Waals surface area contributed by atoms with E-state index in [9.17, 15) is 14.4 Å². The quantitative estimate of drug-likeness (QED) is 0.207. The van der Waals surface area contributed by atoms with Gasteiger partial charge in [-0.05, 0) is 51.3 Å². The molecule has 1 unspecified atom stereocenters. The number of halogens is 1. The van der Waals surface area contributed by atoms with Crippen LogP contribution in [0.3, 0.4) is 0 Å². The van der Waals surface area contributed by atoms with Gasteiger partial charge in [-0.2, -0.15) is 10.1 Å². The lowest BCUT2D eigenvalue weighted by Gasteiger charge is -2.24. The monoisotopic (exact) mass is 451 g/mol. The van der Waals surface area contributed by atoms with E-state index in [0.717, 1.165) is 14.2 Å². The number of hydrazone groups is 1. The van der Waals surface area contributed by atoms with E-state index in [4.69, 9.17) is 25.8 Å². The smallest absolute Gasteiger partial charge is 0.431 e. The number of hydrogen-bond acceptors (Lipinski definition) is 8. The van der Waals surface area contributed by atoms with E-state index in [1.54, 1.807) is 52.0 Å². The zero-order chi connectivity index (χ0) is 23.6. The molecule has 0 aromatic heterocycles. The van der Waals surface area contributed by atoms with Gasteiger partial charge in [-0.1, -0.05) is 23.7 Å². The number of nitrogens with zero attached hydrogens (tertiary/aromatic N) is 3. The molecular weight excluding hydrogens is 426 g/mol. The van der Waals surface area contributed by atoms with Crippen LogP contribution < -0.4 is 0 Å². The van der Waals surface area contributed by atoms with Crippen molar-refractivity contribution in [3.63, 3.8) is 0 Å². The Balaban J connectivity index is 3.63. The summed E-state index contributed by atoms with van der Waals surface area (Å²) in [5.74, 6) is 0.643. The first kappa shape index (κ1) is 25.9. The number of esters is 2. The molecule has 0 heterocycles. The molecular formula is C21H26ClN3O6. The summed E-state index contributed by atoms with van der Waals surface area (Å²) < 4.78 is 14.6. The SMILES string of the molecule is CCOC(=O)N(/N=C/c1ccc(Cl)cc1)C(C(=O)OC)C(=C=NC(C)(C)C)C(=O)OC. The second-order valence-corrected chi connectivity index (χ2v) is 7.50. The van der Waals surface area contributed by atoms with Gasteiger partial charge < -0.3 is 14.2 Å². The molecule has 1 amide bonds. The maximum Gasteiger partial charge on any atom is 0.431 e. The van der Waals surface area contributed by atoms with E-state index in [-0.39, 0.29) is 12.2 Å². The summed E-state index contributed by atoms with van der Waals surface area (Å²) in [5, 5.41) is 5.27. The molecule has 0 spiro atoms. The summed E-state index contributed by atoms with van der Waals surface area (Å²) in [6.07, 6.45) is 0.320. The highest BCUT2D eigenvalue weighted by atomic mass is 35.5. The fraction of sp³-hybridized carbons (Fsp3) is 0.429. The van der Waals surface area contributed by atoms with Crippen molar-refractivity contribution in [3.05, 3.63) is 40.4 Å². The molecule has 0 saturated carbocycles. The topological polar surface area (TPSA) is 107 Å². The van der Waals surface area contributed by atoms with Crippen molar-refractivity contribution < 1.29 is 28.6 Å². The third-order valence-corrected chi connectivity index (χ3v) is 3.77. The average Bonchev–Trinajstić information content (AvgIpc) is 2.72. The molecule has 0 aliphatic rings. The predicted octanol–water partition coefficient (Wildman–Crippen LogP) is 3.24. The Morgan fingerprint density at radius 2 is 1.77 bits per heavy atom. The molecule has 168 valence electrons. The molecule has 1 aromatic carbocycles. The van der Waals surface area contributed by atoms with Crippen LogP contribution in [0.2, 0.25) is 5.02 Å². The fourth-order valence-corrected chi connectivity index (χ4v) is 2.22. The Hall–Kier alpha value is -3.16. The van der Waals surface area contributed by atoms with Crippen molar-refractivity contribution in [3.8, 4) is 0 Å². The highest BCUT2D eigenvalue weighted by molar-refractivity contribution is 6.30. The minimum atomic E-state index is -1.65. The van der Waals surface area contributed by atoms with Crippen LogP contribution in [0.1, 0.15) is 33.3 Å². The zero-order valence-electron chi connectivity index (χ0n) is 18.3. The fourth-order valence-electron chi connectivity index (χ4n) is 2.09. The second-order valence-electron chi connectivity index (χ2n) is 7.06. The van der Waals surface area contributed by atoms with Crippen molar-refractivity contribution >= 4 is 41.7 Å². The van der Waals surface area contributed by atoms with Gasteiger partial charge in [0, 0.05) is 5.02 Å². The number of carbonyl (C=O) groups is 3. The highest BCUT2D eigenvalue weighted by Gasteiger charge is 2.39. The average molecular weight is 452 g/mol. The number of hydrogen-bond donors (Lipinski definition) is 0. The molecule has 0 radical (unpaired) electrons. The van der Waals surface area contributed by atoms with E-state index in [1.165, 1.54) is 6.21 Å². The second kappa shape index (κ2) is 11.9. The Kier molecular flexibility index (Phi) is 9.92. The normalized spacial score (nSPS) is 11.8. The van der Waals surface area contributed by atoms with E-state index < -0.39 is 29.6 Å². The third kappa shape index (κ3) is 8.24. The Bertz CT molecular complexity index is 883. The maximum atomic E-state index is 12.6. The number of ether oxygens (including phenoxy) is 3. The number of amides is 1. The summed E-state index contributed by atoms with van der Waals surface area (Å²) >= 11 is 5.88. The molecule has 1 rings (SSSR count). The summed E-state index contributed by atoms with van der Waals surface area (Å²) in [6, 6.07) is 4.92. The lowest BCUT2D eigenvalue weighted by atomic mass is 10.1. The van der Waals surface area contributed by atoms with Gasteiger partial charge in [-0.15, -0.1) is 0 Å². The number of carbonyl (C=O) groups excluding carboxylic acids is 3. The standard InChI is InChI=1S/C21H26ClN3O6/c1-7-31-20(28)25(24-12-14-8-10-15(22)11-9-14)17(19(27)30-6)16(18(26)29-5)13-23-21(2,3)4/h8-12,17H,7H2,1-6H3/b24-12+. The van der Waals surface area contributed by atoms with Gasteiger partial charge in [0.15, 0.2) is 6.04 Å². The minimum Gasteiger partial charge on any atom is -0.467 e. The lowest BCUT2D eigenvalue weighted by molar-refractivity contribution is -0.148. The Labute approximate surface area is 186 Å². The predicted molar refractivity (Wildman–Crippen MR) is 116 cm³/mol. The van der Waals surface area contributed by atoms with E-state index >= 15 is 0 Å². The van der Waals surface area contributed by atoms with Crippen molar-refractivity contribution in [2.75, 3.05) is 20.8 Å². The lowest BCUT2D eigenvalue weighted by Crippen LogP contribution is -2.46. The van der Waals surface area contributed by atoms with E-state index in [2.05, 4.69) is 16.0 Å². The highest BCUT2D eigenvalue weighted by Crippen LogP contribution is 2.17. The van der Waals surface area contributed by atoms with Crippen LogP contribution in [-0.2, 0) is 23.8 Å². The van der Waals surface area contributed by atoms with E-state index in [1.807, 2.05) is 0 Å². The van der Waals surface area contributed by atoms with Gasteiger partial charge in [0.1, 0.15) is 5.57 Å². The van der Waals surface area contributed by atoms with Crippen molar-refractivity contribution in [2.24, 2.45) is 10.1 Å². The van der Waals surface area contributed by atoms with Crippen molar-refractivity contribution in [1.29, 1.82) is 0 Å². The summed E-state index contributed by atoms with van der Waals surface area (Å²) in [5.41, 5.74) is -0.416. The molecule has 0 bridgehead atoms. The minimum absolute atomic E-state index is 0.00699. The van der Waals surface area contributed by atoms with Crippen molar-refractivity contribution in [2.45, 2.75) is 39.3 Å². The maximum absolute atomic E-state index is 12.6. The van der Waals surface area contributed by atoms with Crippen LogP contribution in [-0.4, -0.2) is 67.5 Å².